The van der Waals surface area contributed by atoms with E-state index in [9.17, 15) is 0 Å². The van der Waals surface area contributed by atoms with Gasteiger partial charge in [-0.25, -0.2) is 0 Å². The van der Waals surface area contributed by atoms with E-state index in [1.807, 2.05) is 42.5 Å². The summed E-state index contributed by atoms with van der Waals surface area (Å²) in [6.07, 6.45) is 5.94. The lowest BCUT2D eigenvalue weighted by Crippen LogP contribution is -2.01. The summed E-state index contributed by atoms with van der Waals surface area (Å²) < 4.78 is 0. The molecule has 3 nitrogen and oxygen atoms in total. The Labute approximate surface area is 132 Å². The molecule has 0 radical (unpaired) electrons. The van der Waals surface area contributed by atoms with Crippen LogP contribution in [0.1, 0.15) is 39.0 Å². The summed E-state index contributed by atoms with van der Waals surface area (Å²) >= 11 is 0. The molecule has 3 heteroatoms. The Balaban J connectivity index is 1.70. The second-order valence-electron chi connectivity index (χ2n) is 5.28. The zero-order valence-corrected chi connectivity index (χ0v) is 13.2. The monoisotopic (exact) mass is 300 g/mol. The van der Waals surface area contributed by atoms with E-state index in [1.165, 1.54) is 25.7 Å². The molecule has 0 N–H and O–H groups in total. The van der Waals surface area contributed by atoms with Crippen molar-refractivity contribution < 1.29 is 14.8 Å². The minimum atomic E-state index is 0.558. The molecule has 0 saturated heterocycles. The van der Waals surface area contributed by atoms with Crippen molar-refractivity contribution >= 4 is 0 Å². The summed E-state index contributed by atoms with van der Waals surface area (Å²) in [7, 11) is 0. The minimum Gasteiger partial charge on any atom is -0.308 e. The Hall–Kier alpha value is -1.84. The Morgan fingerprint density at radius 2 is 1.55 bits per heavy atom. The maximum Gasteiger partial charge on any atom is 0.169 e. The van der Waals surface area contributed by atoms with Gasteiger partial charge in [0, 0.05) is 0 Å². The maximum absolute atomic E-state index is 5.17. The van der Waals surface area contributed by atoms with Gasteiger partial charge >= 0.3 is 0 Å². The largest absolute Gasteiger partial charge is 0.308 e. The summed E-state index contributed by atoms with van der Waals surface area (Å²) in [5, 5.41) is 4.82. The van der Waals surface area contributed by atoms with Crippen molar-refractivity contribution in [2.24, 2.45) is 0 Å². The van der Waals surface area contributed by atoms with Gasteiger partial charge in [0.05, 0.1) is 6.61 Å². The summed E-state index contributed by atoms with van der Waals surface area (Å²) in [6, 6.07) is 17.9. The van der Waals surface area contributed by atoms with Crippen LogP contribution in [0, 0.1) is 0 Å². The van der Waals surface area contributed by atoms with Gasteiger partial charge in [-0.2, -0.15) is 4.89 Å². The van der Waals surface area contributed by atoms with Crippen LogP contribution in [0.15, 0.2) is 54.6 Å². The number of hydrogen-bond donors (Lipinski definition) is 0. The van der Waals surface area contributed by atoms with Gasteiger partial charge in [0.1, 0.15) is 0 Å². The Morgan fingerprint density at radius 3 is 2.36 bits per heavy atom. The number of rotatable bonds is 10. The zero-order chi connectivity index (χ0) is 15.5. The topological polar surface area (TPSA) is 27.7 Å². The molecule has 0 heterocycles. The fraction of sp³-hybridized carbons (Fsp3) is 0.368. The molecule has 118 valence electrons. The Kier molecular flexibility index (Phi) is 7.50. The first-order chi connectivity index (χ1) is 10.9. The summed E-state index contributed by atoms with van der Waals surface area (Å²) in [4.78, 5) is 10.2. The molecule has 0 bridgehead atoms. The number of hydrogen-bond acceptors (Lipinski definition) is 3. The molecule has 2 aromatic rings. The van der Waals surface area contributed by atoms with Crippen LogP contribution in [0.25, 0.3) is 11.1 Å². The molecular weight excluding hydrogens is 276 g/mol. The van der Waals surface area contributed by atoms with Crippen LogP contribution in [0.4, 0.5) is 0 Å². The summed E-state index contributed by atoms with van der Waals surface area (Å²) in [6.45, 7) is 2.76. The van der Waals surface area contributed by atoms with Gasteiger partial charge in [0.15, 0.2) is 5.75 Å². The molecule has 0 aliphatic heterocycles. The second-order valence-corrected chi connectivity index (χ2v) is 5.28. The lowest BCUT2D eigenvalue weighted by Gasteiger charge is -2.06. The highest BCUT2D eigenvalue weighted by atomic mass is 17.5. The molecule has 0 aliphatic carbocycles. The van der Waals surface area contributed by atoms with Crippen molar-refractivity contribution in [3.63, 3.8) is 0 Å². The van der Waals surface area contributed by atoms with E-state index in [-0.39, 0.29) is 0 Å². The van der Waals surface area contributed by atoms with Crippen molar-refractivity contribution in [1.82, 2.24) is 0 Å². The van der Waals surface area contributed by atoms with Crippen molar-refractivity contribution in [1.29, 1.82) is 0 Å². The van der Waals surface area contributed by atoms with Crippen LogP contribution < -0.4 is 4.89 Å². The van der Waals surface area contributed by atoms with E-state index in [0.29, 0.717) is 12.4 Å². The summed E-state index contributed by atoms with van der Waals surface area (Å²) in [5.74, 6) is 0.632. The third-order valence-corrected chi connectivity index (χ3v) is 3.45. The molecule has 2 rings (SSSR count). The van der Waals surface area contributed by atoms with Crippen LogP contribution in [-0.2, 0) is 9.93 Å². The fourth-order valence-corrected chi connectivity index (χ4v) is 2.22. The molecule has 2 aromatic carbocycles. The molecule has 0 aliphatic rings. The standard InChI is InChI=1S/C19H24O3/c1-2-3-4-5-9-15-20-22-21-19-14-10-13-18(16-19)17-11-7-6-8-12-17/h6-8,10-14,16H,2-5,9,15H2,1H3. The molecule has 0 spiro atoms. The van der Waals surface area contributed by atoms with Gasteiger partial charge < -0.3 is 4.89 Å². The quantitative estimate of drug-likeness (QED) is 0.326. The van der Waals surface area contributed by atoms with Crippen LogP contribution in [0.3, 0.4) is 0 Å². The first-order valence-corrected chi connectivity index (χ1v) is 8.02. The lowest BCUT2D eigenvalue weighted by molar-refractivity contribution is -0.466. The smallest absolute Gasteiger partial charge is 0.169 e. The van der Waals surface area contributed by atoms with E-state index < -0.39 is 0 Å². The molecule has 0 amide bonds. The van der Waals surface area contributed by atoms with Gasteiger partial charge in [-0.15, -0.1) is 0 Å². The lowest BCUT2D eigenvalue weighted by atomic mass is 10.1. The SMILES string of the molecule is CCCCCCCOOOc1cccc(-c2ccccc2)c1. The van der Waals surface area contributed by atoms with Crippen LogP contribution >= 0.6 is 0 Å². The first-order valence-electron chi connectivity index (χ1n) is 8.02. The highest BCUT2D eigenvalue weighted by molar-refractivity contribution is 5.64. The fourth-order valence-electron chi connectivity index (χ4n) is 2.22. The van der Waals surface area contributed by atoms with Gasteiger partial charge in [-0.1, -0.05) is 75.1 Å². The van der Waals surface area contributed by atoms with Gasteiger partial charge in [-0.05, 0) is 34.7 Å². The average molecular weight is 300 g/mol. The molecule has 22 heavy (non-hydrogen) atoms. The molecule has 0 unspecified atom stereocenters. The molecular formula is C19H24O3. The van der Waals surface area contributed by atoms with Gasteiger partial charge in [0.25, 0.3) is 0 Å². The zero-order valence-electron chi connectivity index (χ0n) is 13.2. The normalized spacial score (nSPS) is 10.6. The molecule has 0 saturated carbocycles. The predicted molar refractivity (Wildman–Crippen MR) is 88.3 cm³/mol. The predicted octanol–water partition coefficient (Wildman–Crippen LogP) is 5.57. The van der Waals surface area contributed by atoms with Crippen molar-refractivity contribution in [2.75, 3.05) is 6.61 Å². The molecule has 0 aromatic heterocycles. The first kappa shape index (κ1) is 16.5. The third kappa shape index (κ3) is 5.88. The van der Waals surface area contributed by atoms with Gasteiger partial charge in [0.2, 0.25) is 0 Å². The number of benzene rings is 2. The maximum atomic E-state index is 5.17. The third-order valence-electron chi connectivity index (χ3n) is 3.45. The Morgan fingerprint density at radius 1 is 0.773 bits per heavy atom. The van der Waals surface area contributed by atoms with Crippen molar-refractivity contribution in [3.8, 4) is 16.9 Å². The van der Waals surface area contributed by atoms with Crippen LogP contribution in [0.2, 0.25) is 0 Å². The molecule has 0 atom stereocenters. The van der Waals surface area contributed by atoms with Gasteiger partial charge in [-0.3, -0.25) is 0 Å². The van der Waals surface area contributed by atoms with E-state index in [2.05, 4.69) is 19.1 Å². The minimum absolute atomic E-state index is 0.558. The van der Waals surface area contributed by atoms with E-state index in [1.54, 1.807) is 0 Å². The van der Waals surface area contributed by atoms with E-state index >= 15 is 0 Å². The highest BCUT2D eigenvalue weighted by Crippen LogP contribution is 2.23. The van der Waals surface area contributed by atoms with Crippen molar-refractivity contribution in [3.05, 3.63) is 54.6 Å². The second kappa shape index (κ2) is 9.98. The van der Waals surface area contributed by atoms with Crippen LogP contribution in [0.5, 0.6) is 5.75 Å². The number of unbranched alkanes of at least 4 members (excludes halogenated alkanes) is 4. The van der Waals surface area contributed by atoms with Crippen molar-refractivity contribution in [2.45, 2.75) is 39.0 Å². The van der Waals surface area contributed by atoms with Crippen LogP contribution in [-0.4, -0.2) is 6.61 Å². The summed E-state index contributed by atoms with van der Waals surface area (Å²) in [5.41, 5.74) is 2.23. The van der Waals surface area contributed by atoms with E-state index in [4.69, 9.17) is 14.8 Å². The van der Waals surface area contributed by atoms with E-state index in [0.717, 1.165) is 17.5 Å². The molecule has 0 fully saturated rings. The Bertz CT molecular complexity index is 525. The average Bonchev–Trinajstić information content (AvgIpc) is 2.58. The highest BCUT2D eigenvalue weighted by Gasteiger charge is 2.01.